The van der Waals surface area contributed by atoms with Gasteiger partial charge in [-0.25, -0.2) is 0 Å². The summed E-state index contributed by atoms with van der Waals surface area (Å²) in [6.07, 6.45) is 0. The zero-order valence-electron chi connectivity index (χ0n) is 6.63. The standard InChI is InChI=1S/C7H4BrClFNO3/c8-5-4(9)1-3(2-12)7(6(5)10)11(13)14/h1,12H,2H2. The summed E-state index contributed by atoms with van der Waals surface area (Å²) in [6.45, 7) is -0.639. The average molecular weight is 284 g/mol. The van der Waals surface area contributed by atoms with Crippen LogP contribution in [0.4, 0.5) is 10.1 Å². The summed E-state index contributed by atoms with van der Waals surface area (Å²) in [5, 5.41) is 19.2. The third-order valence-corrected chi connectivity index (χ3v) is 2.87. The second kappa shape index (κ2) is 4.20. The summed E-state index contributed by atoms with van der Waals surface area (Å²) in [6, 6.07) is 1.15. The van der Waals surface area contributed by atoms with E-state index in [0.717, 1.165) is 6.07 Å². The van der Waals surface area contributed by atoms with Crippen molar-refractivity contribution >= 4 is 33.2 Å². The molecule has 1 aromatic rings. The molecule has 0 spiro atoms. The highest BCUT2D eigenvalue weighted by Gasteiger charge is 2.24. The molecule has 76 valence electrons. The molecular formula is C7H4BrClFNO3. The van der Waals surface area contributed by atoms with Crippen LogP contribution in [-0.2, 0) is 6.61 Å². The summed E-state index contributed by atoms with van der Waals surface area (Å²) >= 11 is 8.32. The molecule has 0 aliphatic rings. The number of nitro benzene ring substituents is 1. The molecule has 0 amide bonds. The number of aliphatic hydroxyl groups is 1. The molecule has 0 aromatic heterocycles. The minimum absolute atomic E-state index is 0.0165. The molecule has 0 saturated heterocycles. The van der Waals surface area contributed by atoms with E-state index in [1.807, 2.05) is 0 Å². The van der Waals surface area contributed by atoms with E-state index in [4.69, 9.17) is 16.7 Å². The predicted octanol–water partition coefficient (Wildman–Crippen LogP) is 2.64. The highest BCUT2D eigenvalue weighted by atomic mass is 79.9. The third-order valence-electron chi connectivity index (χ3n) is 1.57. The summed E-state index contributed by atoms with van der Waals surface area (Å²) < 4.78 is 13.1. The largest absolute Gasteiger partial charge is 0.391 e. The highest BCUT2D eigenvalue weighted by molar-refractivity contribution is 9.10. The van der Waals surface area contributed by atoms with Gasteiger partial charge in [-0.3, -0.25) is 10.1 Å². The van der Waals surface area contributed by atoms with Crippen LogP contribution in [0, 0.1) is 15.9 Å². The molecule has 0 aliphatic carbocycles. The molecule has 0 aliphatic heterocycles. The van der Waals surface area contributed by atoms with Crippen LogP contribution in [-0.4, -0.2) is 10.0 Å². The Morgan fingerprint density at radius 2 is 2.29 bits per heavy atom. The SMILES string of the molecule is O=[N+]([O-])c1c(CO)cc(Cl)c(Br)c1F. The number of hydrogen-bond acceptors (Lipinski definition) is 3. The van der Waals surface area contributed by atoms with E-state index in [9.17, 15) is 14.5 Å². The summed E-state index contributed by atoms with van der Waals surface area (Å²) in [5.74, 6) is -1.08. The molecular weight excluding hydrogens is 280 g/mol. The molecule has 0 radical (unpaired) electrons. The maximum absolute atomic E-state index is 13.3. The van der Waals surface area contributed by atoms with Gasteiger partial charge in [0, 0.05) is 0 Å². The van der Waals surface area contributed by atoms with Crippen molar-refractivity contribution in [2.24, 2.45) is 0 Å². The Hall–Kier alpha value is -0.720. The van der Waals surface area contributed by atoms with Gasteiger partial charge in [-0.15, -0.1) is 0 Å². The van der Waals surface area contributed by atoms with Crippen molar-refractivity contribution < 1.29 is 14.4 Å². The smallest absolute Gasteiger partial charge is 0.311 e. The average Bonchev–Trinajstić information content (AvgIpc) is 2.12. The first-order valence-electron chi connectivity index (χ1n) is 3.40. The van der Waals surface area contributed by atoms with Crippen molar-refractivity contribution in [1.29, 1.82) is 0 Å². The normalized spacial score (nSPS) is 10.3. The van der Waals surface area contributed by atoms with Crippen LogP contribution in [0.3, 0.4) is 0 Å². The van der Waals surface area contributed by atoms with Crippen molar-refractivity contribution in [3.63, 3.8) is 0 Å². The topological polar surface area (TPSA) is 63.4 Å². The van der Waals surface area contributed by atoms with E-state index in [1.165, 1.54) is 0 Å². The fraction of sp³-hybridized carbons (Fsp3) is 0.143. The minimum atomic E-state index is -1.08. The molecule has 4 nitrogen and oxygen atoms in total. The van der Waals surface area contributed by atoms with E-state index in [2.05, 4.69) is 15.9 Å². The van der Waals surface area contributed by atoms with Crippen LogP contribution in [0.25, 0.3) is 0 Å². The quantitative estimate of drug-likeness (QED) is 0.516. The van der Waals surface area contributed by atoms with E-state index in [1.54, 1.807) is 0 Å². The van der Waals surface area contributed by atoms with Gasteiger partial charge in [0.05, 0.1) is 26.6 Å². The highest BCUT2D eigenvalue weighted by Crippen LogP contribution is 2.34. The van der Waals surface area contributed by atoms with Crippen LogP contribution in [0.2, 0.25) is 5.02 Å². The Kier molecular flexibility index (Phi) is 3.41. The molecule has 0 saturated carbocycles. The van der Waals surface area contributed by atoms with Crippen molar-refractivity contribution in [1.82, 2.24) is 0 Å². The van der Waals surface area contributed by atoms with Gasteiger partial charge in [0.1, 0.15) is 0 Å². The lowest BCUT2D eigenvalue weighted by atomic mass is 10.2. The number of nitro groups is 1. The summed E-state index contributed by atoms with van der Waals surface area (Å²) in [5.41, 5.74) is -0.913. The molecule has 0 fully saturated rings. The zero-order chi connectivity index (χ0) is 10.9. The van der Waals surface area contributed by atoms with Crippen LogP contribution < -0.4 is 0 Å². The molecule has 0 unspecified atom stereocenters. The van der Waals surface area contributed by atoms with Crippen LogP contribution in [0.1, 0.15) is 5.56 Å². The maximum Gasteiger partial charge on any atom is 0.311 e. The lowest BCUT2D eigenvalue weighted by molar-refractivity contribution is -0.388. The van der Waals surface area contributed by atoms with Gasteiger partial charge in [0.15, 0.2) is 0 Å². The molecule has 0 heterocycles. The fourth-order valence-electron chi connectivity index (χ4n) is 0.952. The number of hydrogen-bond donors (Lipinski definition) is 1. The van der Waals surface area contributed by atoms with Gasteiger partial charge in [-0.05, 0) is 22.0 Å². The van der Waals surface area contributed by atoms with Gasteiger partial charge in [0.25, 0.3) is 0 Å². The van der Waals surface area contributed by atoms with Gasteiger partial charge >= 0.3 is 5.69 Å². The molecule has 14 heavy (non-hydrogen) atoms. The fourth-order valence-corrected chi connectivity index (χ4v) is 1.47. The zero-order valence-corrected chi connectivity index (χ0v) is 8.97. The number of halogens is 3. The molecule has 0 bridgehead atoms. The number of benzene rings is 1. The van der Waals surface area contributed by atoms with Gasteiger partial charge in [-0.2, -0.15) is 4.39 Å². The van der Waals surface area contributed by atoms with Crippen molar-refractivity contribution in [2.75, 3.05) is 0 Å². The Morgan fingerprint density at radius 3 is 2.71 bits per heavy atom. The lowest BCUT2D eigenvalue weighted by Crippen LogP contribution is -2.00. The van der Waals surface area contributed by atoms with E-state index >= 15 is 0 Å². The second-order valence-corrected chi connectivity index (χ2v) is 3.61. The molecule has 1 aromatic carbocycles. The first-order valence-corrected chi connectivity index (χ1v) is 4.57. The number of aliphatic hydroxyl groups excluding tert-OH is 1. The van der Waals surface area contributed by atoms with Gasteiger partial charge < -0.3 is 5.11 Å². The van der Waals surface area contributed by atoms with E-state index < -0.39 is 23.0 Å². The van der Waals surface area contributed by atoms with Crippen molar-refractivity contribution in [2.45, 2.75) is 6.61 Å². The molecule has 7 heteroatoms. The van der Waals surface area contributed by atoms with Crippen molar-refractivity contribution in [3.05, 3.63) is 37.1 Å². The van der Waals surface area contributed by atoms with Crippen LogP contribution >= 0.6 is 27.5 Å². The van der Waals surface area contributed by atoms with Gasteiger partial charge in [-0.1, -0.05) is 11.6 Å². The van der Waals surface area contributed by atoms with Crippen LogP contribution in [0.5, 0.6) is 0 Å². The second-order valence-electron chi connectivity index (χ2n) is 2.41. The minimum Gasteiger partial charge on any atom is -0.391 e. The first kappa shape index (κ1) is 11.4. The van der Waals surface area contributed by atoms with Gasteiger partial charge in [0.2, 0.25) is 5.82 Å². The van der Waals surface area contributed by atoms with Crippen LogP contribution in [0.15, 0.2) is 10.5 Å². The Morgan fingerprint density at radius 1 is 1.71 bits per heavy atom. The molecule has 1 rings (SSSR count). The third kappa shape index (κ3) is 1.87. The number of nitrogens with zero attached hydrogens (tertiary/aromatic N) is 1. The molecule has 1 N–H and O–H groups in total. The summed E-state index contributed by atoms with van der Waals surface area (Å²) in [4.78, 5) is 9.55. The Bertz CT molecular complexity index is 399. The Labute approximate surface area is 91.6 Å². The van der Waals surface area contributed by atoms with E-state index in [-0.39, 0.29) is 15.1 Å². The summed E-state index contributed by atoms with van der Waals surface area (Å²) in [7, 11) is 0. The first-order chi connectivity index (χ1) is 6.49. The maximum atomic E-state index is 13.3. The number of rotatable bonds is 2. The monoisotopic (exact) mass is 283 g/mol. The van der Waals surface area contributed by atoms with E-state index in [0.29, 0.717) is 0 Å². The van der Waals surface area contributed by atoms with Crippen molar-refractivity contribution in [3.8, 4) is 0 Å². The molecule has 0 atom stereocenters. The Balaban J connectivity index is 3.53. The predicted molar refractivity (Wildman–Crippen MR) is 51.7 cm³/mol. The lowest BCUT2D eigenvalue weighted by Gasteiger charge is -2.03.